The highest BCUT2D eigenvalue weighted by molar-refractivity contribution is 5.84. The fourth-order valence-electron chi connectivity index (χ4n) is 1.96. The molecule has 2 nitrogen and oxygen atoms in total. The molecule has 0 unspecified atom stereocenters. The number of aromatic nitrogens is 2. The Labute approximate surface area is 94.2 Å². The lowest BCUT2D eigenvalue weighted by Gasteiger charge is -2.02. The van der Waals surface area contributed by atoms with E-state index in [9.17, 15) is 0 Å². The summed E-state index contributed by atoms with van der Waals surface area (Å²) in [5, 5.41) is 1.27. The van der Waals surface area contributed by atoms with Crippen molar-refractivity contribution in [1.82, 2.24) is 9.55 Å². The molecular formula is C14H12N2. The van der Waals surface area contributed by atoms with Crippen LogP contribution in [-0.4, -0.2) is 9.55 Å². The molecule has 0 fully saturated rings. The van der Waals surface area contributed by atoms with Gasteiger partial charge in [0, 0.05) is 30.5 Å². The Hall–Kier alpha value is -2.09. The van der Waals surface area contributed by atoms with E-state index < -0.39 is 0 Å². The van der Waals surface area contributed by atoms with Crippen LogP contribution in [0.15, 0.2) is 54.9 Å². The number of hydrogen-bond acceptors (Lipinski definition) is 1. The Morgan fingerprint density at radius 2 is 2.00 bits per heavy atom. The first-order chi connectivity index (χ1) is 7.84. The van der Waals surface area contributed by atoms with Gasteiger partial charge >= 0.3 is 0 Å². The normalized spacial score (nSPS) is 10.8. The van der Waals surface area contributed by atoms with Crippen molar-refractivity contribution in [3.63, 3.8) is 0 Å². The van der Waals surface area contributed by atoms with Gasteiger partial charge in [0.15, 0.2) is 0 Å². The van der Waals surface area contributed by atoms with Crippen molar-refractivity contribution in [3.05, 3.63) is 54.9 Å². The minimum absolute atomic E-state index is 1.02. The molecule has 0 saturated carbocycles. The molecule has 2 heteroatoms. The maximum absolute atomic E-state index is 4.36. The van der Waals surface area contributed by atoms with E-state index in [-0.39, 0.29) is 0 Å². The minimum Gasteiger partial charge on any atom is -0.351 e. The van der Waals surface area contributed by atoms with Crippen LogP contribution in [0.2, 0.25) is 0 Å². The summed E-state index contributed by atoms with van der Waals surface area (Å²) in [4.78, 5) is 4.36. The van der Waals surface area contributed by atoms with E-state index in [1.807, 2.05) is 24.4 Å². The second kappa shape index (κ2) is 3.49. The van der Waals surface area contributed by atoms with Crippen LogP contribution in [0.25, 0.3) is 22.2 Å². The van der Waals surface area contributed by atoms with Gasteiger partial charge in [0.1, 0.15) is 0 Å². The smallest absolute Gasteiger partial charge is 0.0702 e. The predicted molar refractivity (Wildman–Crippen MR) is 66.2 cm³/mol. The van der Waals surface area contributed by atoms with Crippen LogP contribution in [0.3, 0.4) is 0 Å². The average Bonchev–Trinajstić information content (AvgIpc) is 2.72. The van der Waals surface area contributed by atoms with E-state index in [1.54, 1.807) is 0 Å². The molecule has 1 aromatic carbocycles. The second-order valence-corrected chi connectivity index (χ2v) is 3.92. The number of rotatable bonds is 1. The topological polar surface area (TPSA) is 17.8 Å². The van der Waals surface area contributed by atoms with Gasteiger partial charge < -0.3 is 4.57 Å². The number of pyridine rings is 1. The number of aryl methyl sites for hydroxylation is 1. The first-order valence-corrected chi connectivity index (χ1v) is 5.31. The minimum atomic E-state index is 1.02. The summed E-state index contributed by atoms with van der Waals surface area (Å²) in [5.74, 6) is 0. The largest absolute Gasteiger partial charge is 0.351 e. The number of fused-ring (bicyclic) bond motifs is 1. The third-order valence-electron chi connectivity index (χ3n) is 2.85. The molecule has 0 saturated heterocycles. The molecule has 16 heavy (non-hydrogen) atoms. The standard InChI is InChI=1S/C14H12N2/c1-16-9-7-11-5-6-12(10-14(11)16)13-4-2-3-8-15-13/h2-10H,1H3. The van der Waals surface area contributed by atoms with Crippen LogP contribution in [0.4, 0.5) is 0 Å². The summed E-state index contributed by atoms with van der Waals surface area (Å²) in [6.07, 6.45) is 3.90. The molecule has 0 aliphatic heterocycles. The third kappa shape index (κ3) is 1.39. The molecule has 0 spiro atoms. The van der Waals surface area contributed by atoms with Crippen LogP contribution in [0, 0.1) is 0 Å². The van der Waals surface area contributed by atoms with Crippen molar-refractivity contribution < 1.29 is 0 Å². The van der Waals surface area contributed by atoms with Gasteiger partial charge in [-0.05, 0) is 29.7 Å². The number of hydrogen-bond donors (Lipinski definition) is 0. The molecule has 0 amide bonds. The van der Waals surface area contributed by atoms with Gasteiger partial charge in [0.2, 0.25) is 0 Å². The van der Waals surface area contributed by atoms with Crippen molar-refractivity contribution in [3.8, 4) is 11.3 Å². The van der Waals surface area contributed by atoms with Gasteiger partial charge in [-0.2, -0.15) is 0 Å². The lowest BCUT2D eigenvalue weighted by molar-refractivity contribution is 0.969. The lowest BCUT2D eigenvalue weighted by Crippen LogP contribution is -1.86. The summed E-state index contributed by atoms with van der Waals surface area (Å²) < 4.78 is 2.13. The van der Waals surface area contributed by atoms with Crippen LogP contribution in [0.5, 0.6) is 0 Å². The van der Waals surface area contributed by atoms with Gasteiger partial charge in [0.05, 0.1) is 5.69 Å². The monoisotopic (exact) mass is 208 g/mol. The number of benzene rings is 1. The zero-order chi connectivity index (χ0) is 11.0. The van der Waals surface area contributed by atoms with E-state index in [4.69, 9.17) is 0 Å². The van der Waals surface area contributed by atoms with Crippen molar-refractivity contribution in [2.75, 3.05) is 0 Å². The Balaban J connectivity index is 2.22. The Morgan fingerprint density at radius 3 is 2.81 bits per heavy atom. The van der Waals surface area contributed by atoms with Crippen molar-refractivity contribution in [1.29, 1.82) is 0 Å². The SMILES string of the molecule is Cn1ccc2ccc(-c3ccccn3)cc21. The summed E-state index contributed by atoms with van der Waals surface area (Å²) in [6, 6.07) is 14.5. The van der Waals surface area contributed by atoms with Crippen LogP contribution in [-0.2, 0) is 7.05 Å². The molecule has 0 bridgehead atoms. The number of nitrogens with zero attached hydrogens (tertiary/aromatic N) is 2. The molecule has 2 heterocycles. The van der Waals surface area contributed by atoms with E-state index >= 15 is 0 Å². The summed E-state index contributed by atoms with van der Waals surface area (Å²) >= 11 is 0. The molecule has 78 valence electrons. The fourth-order valence-corrected chi connectivity index (χ4v) is 1.96. The summed E-state index contributed by atoms with van der Waals surface area (Å²) in [5.41, 5.74) is 3.42. The molecule has 0 radical (unpaired) electrons. The van der Waals surface area contributed by atoms with E-state index in [0.717, 1.165) is 11.3 Å². The van der Waals surface area contributed by atoms with Crippen LogP contribution >= 0.6 is 0 Å². The predicted octanol–water partition coefficient (Wildman–Crippen LogP) is 3.24. The van der Waals surface area contributed by atoms with E-state index in [2.05, 4.69) is 47.1 Å². The zero-order valence-electron chi connectivity index (χ0n) is 9.09. The van der Waals surface area contributed by atoms with Gasteiger partial charge in [-0.15, -0.1) is 0 Å². The van der Waals surface area contributed by atoms with Gasteiger partial charge in [0.25, 0.3) is 0 Å². The Kier molecular flexibility index (Phi) is 2.00. The molecule has 3 rings (SSSR count). The molecule has 0 atom stereocenters. The van der Waals surface area contributed by atoms with E-state index in [1.165, 1.54) is 10.9 Å². The highest BCUT2D eigenvalue weighted by Crippen LogP contribution is 2.22. The molecule has 2 aromatic heterocycles. The third-order valence-corrected chi connectivity index (χ3v) is 2.85. The molecular weight excluding hydrogens is 196 g/mol. The van der Waals surface area contributed by atoms with Crippen molar-refractivity contribution in [2.45, 2.75) is 0 Å². The lowest BCUT2D eigenvalue weighted by atomic mass is 10.1. The Morgan fingerprint density at radius 1 is 1.06 bits per heavy atom. The van der Waals surface area contributed by atoms with Crippen LogP contribution < -0.4 is 0 Å². The zero-order valence-corrected chi connectivity index (χ0v) is 9.09. The van der Waals surface area contributed by atoms with Crippen molar-refractivity contribution >= 4 is 10.9 Å². The molecule has 0 aliphatic rings. The van der Waals surface area contributed by atoms with Gasteiger partial charge in [-0.3, -0.25) is 4.98 Å². The average molecular weight is 208 g/mol. The quantitative estimate of drug-likeness (QED) is 0.600. The molecule has 0 N–H and O–H groups in total. The maximum Gasteiger partial charge on any atom is 0.0702 e. The first-order valence-electron chi connectivity index (χ1n) is 5.31. The first kappa shape index (κ1) is 9.16. The Bertz CT molecular complexity index is 624. The summed E-state index contributed by atoms with van der Waals surface area (Å²) in [7, 11) is 2.06. The summed E-state index contributed by atoms with van der Waals surface area (Å²) in [6.45, 7) is 0. The van der Waals surface area contributed by atoms with Crippen LogP contribution in [0.1, 0.15) is 0 Å². The van der Waals surface area contributed by atoms with Gasteiger partial charge in [-0.25, -0.2) is 0 Å². The van der Waals surface area contributed by atoms with E-state index in [0.29, 0.717) is 0 Å². The molecule has 0 aliphatic carbocycles. The van der Waals surface area contributed by atoms with Gasteiger partial charge in [-0.1, -0.05) is 18.2 Å². The molecule has 3 aromatic rings. The highest BCUT2D eigenvalue weighted by atomic mass is 14.9. The maximum atomic E-state index is 4.36. The highest BCUT2D eigenvalue weighted by Gasteiger charge is 2.02. The van der Waals surface area contributed by atoms with Crippen molar-refractivity contribution in [2.24, 2.45) is 7.05 Å². The fraction of sp³-hybridized carbons (Fsp3) is 0.0714. The second-order valence-electron chi connectivity index (χ2n) is 3.92.